The summed E-state index contributed by atoms with van der Waals surface area (Å²) >= 11 is 0. The summed E-state index contributed by atoms with van der Waals surface area (Å²) < 4.78 is 36.4. The van der Waals surface area contributed by atoms with Crippen LogP contribution in [0.15, 0.2) is 358 Å². The van der Waals surface area contributed by atoms with Crippen LogP contribution in [0.25, 0.3) is 33.4 Å². The van der Waals surface area contributed by atoms with E-state index in [1.165, 1.54) is 0 Å². The minimum atomic E-state index is 0.553. The van der Waals surface area contributed by atoms with Gasteiger partial charge in [0.1, 0.15) is 69.7 Å². The van der Waals surface area contributed by atoms with E-state index in [1.54, 1.807) is 0 Å². The maximum Gasteiger partial charge on any atom is 0.140 e. The normalized spacial score (nSPS) is 10.2. The zero-order valence-corrected chi connectivity index (χ0v) is 56.5. The van der Waals surface area contributed by atoms with E-state index in [9.17, 15) is 0 Å². The summed E-state index contributed by atoms with van der Waals surface area (Å²) in [5, 5.41) is 0. The predicted octanol–water partition coefficient (Wildman–Crippen LogP) is 24.2. The standard InChI is InChI=1S/C96H61N3O6/c1-3-5-7-21-67-100-87-55-43-81(44-56-87)97(83-47-59-93(60-48-83)102-89-23-13-9-14-24-89)78-37-31-72(32-38-78)75-69-76(73-33-39-79(40-34-73)98(82-45-57-88(58-46-82)101-68-22-8-6-4-2)84-49-61-94(62-50-84)103-90-25-15-10-16-26-90)71-77(70-75)74-35-41-80(42-36-74)99(85-51-63-95(64-52-85)104-91-27-17-11-18-28-91)86-53-65-96(66-54-86)105-92-29-19-12-20-30-92/h1-2,9-20,23-66,69-71H. The van der Waals surface area contributed by atoms with Crippen LogP contribution in [-0.2, 0) is 0 Å². The lowest BCUT2D eigenvalue weighted by atomic mass is 9.93. The van der Waals surface area contributed by atoms with Crippen molar-refractivity contribution in [3.05, 3.63) is 358 Å². The molecule has 0 aromatic heterocycles. The van der Waals surface area contributed by atoms with Gasteiger partial charge in [-0.2, -0.15) is 0 Å². The summed E-state index contributed by atoms with van der Waals surface area (Å²) in [7, 11) is 0. The number of nitrogens with zero attached hydrogens (tertiary/aromatic N) is 3. The Morgan fingerprint density at radius 2 is 0.371 bits per heavy atom. The minimum Gasteiger partial charge on any atom is -0.457 e. The third kappa shape index (κ3) is 17.2. The van der Waals surface area contributed by atoms with Crippen molar-refractivity contribution in [3.8, 4) is 163 Å². The lowest BCUT2D eigenvalue weighted by molar-refractivity contribution is 0.482. The Bertz CT molecular complexity index is 5300. The first kappa shape index (κ1) is 66.9. The smallest absolute Gasteiger partial charge is 0.140 e. The van der Waals surface area contributed by atoms with Crippen molar-refractivity contribution in [2.75, 3.05) is 14.7 Å². The minimum absolute atomic E-state index is 0.553. The van der Waals surface area contributed by atoms with Gasteiger partial charge in [0, 0.05) is 74.9 Å². The molecule has 0 unspecified atom stereocenters. The third-order valence-electron chi connectivity index (χ3n) is 16.6. The van der Waals surface area contributed by atoms with Gasteiger partial charge in [0.25, 0.3) is 0 Å². The number of anilines is 9. The van der Waals surface area contributed by atoms with Gasteiger partial charge < -0.3 is 43.1 Å². The summed E-state index contributed by atoms with van der Waals surface area (Å²) in [5.41, 5.74) is 14.3. The maximum absolute atomic E-state index is 6.26. The number of rotatable bonds is 22. The van der Waals surface area contributed by atoms with Crippen LogP contribution in [-0.4, -0.2) is 0 Å². The molecule has 0 aliphatic carbocycles. The van der Waals surface area contributed by atoms with Crippen molar-refractivity contribution in [1.29, 1.82) is 0 Å². The molecule has 0 heterocycles. The van der Waals surface area contributed by atoms with Crippen LogP contribution < -0.4 is 43.1 Å². The van der Waals surface area contributed by atoms with Crippen molar-refractivity contribution in [2.24, 2.45) is 0 Å². The Kier molecular flexibility index (Phi) is 21.0. The van der Waals surface area contributed by atoms with E-state index in [-0.39, 0.29) is 0 Å². The van der Waals surface area contributed by atoms with Crippen molar-refractivity contribution in [2.45, 2.75) is 0 Å². The molecule has 0 amide bonds. The highest BCUT2D eigenvalue weighted by molar-refractivity contribution is 5.86. The second-order valence-electron chi connectivity index (χ2n) is 23.5. The molecule has 0 radical (unpaired) electrons. The average Bonchev–Trinajstić information content (AvgIpc) is 0.791. The highest BCUT2D eigenvalue weighted by atomic mass is 16.5. The Hall–Kier alpha value is -15.4. The number of hydrogen-bond acceptors (Lipinski definition) is 9. The highest BCUT2D eigenvalue weighted by Crippen LogP contribution is 2.44. The molecule has 14 aromatic rings. The third-order valence-corrected chi connectivity index (χ3v) is 16.6. The van der Waals surface area contributed by atoms with E-state index in [2.05, 4.69) is 190 Å². The maximum atomic E-state index is 6.26. The van der Waals surface area contributed by atoms with E-state index in [0.717, 1.165) is 119 Å². The summed E-state index contributed by atoms with van der Waals surface area (Å²) in [6.45, 7) is 0. The first-order chi connectivity index (χ1) is 51.9. The Morgan fingerprint density at radius 1 is 0.181 bits per heavy atom. The van der Waals surface area contributed by atoms with Crippen LogP contribution in [0.2, 0.25) is 0 Å². The van der Waals surface area contributed by atoms with Crippen molar-refractivity contribution in [1.82, 2.24) is 0 Å². The first-order valence-corrected chi connectivity index (χ1v) is 33.6. The van der Waals surface area contributed by atoms with Crippen LogP contribution in [0.4, 0.5) is 51.2 Å². The Labute approximate surface area is 612 Å². The van der Waals surface area contributed by atoms with Gasteiger partial charge in [-0.1, -0.05) is 109 Å². The topological polar surface area (TPSA) is 65.1 Å². The predicted molar refractivity (Wildman–Crippen MR) is 423 cm³/mol. The van der Waals surface area contributed by atoms with Gasteiger partial charge in [0.2, 0.25) is 0 Å². The molecule has 0 saturated carbocycles. The molecule has 0 fully saturated rings. The summed E-state index contributed by atoms with van der Waals surface area (Å²) in [6, 6.07) is 120. The number of benzene rings is 14. The number of ether oxygens (including phenoxy) is 6. The molecule has 14 rings (SSSR count). The van der Waals surface area contributed by atoms with E-state index in [4.69, 9.17) is 41.3 Å². The molecule has 9 nitrogen and oxygen atoms in total. The molecule has 0 aliphatic rings. The zero-order valence-electron chi connectivity index (χ0n) is 56.5. The molecular weight excluding hydrogens is 1290 g/mol. The monoisotopic (exact) mass is 1350 g/mol. The van der Waals surface area contributed by atoms with Gasteiger partial charge in [-0.05, 0) is 306 Å². The van der Waals surface area contributed by atoms with Crippen molar-refractivity contribution < 1.29 is 28.4 Å². The fourth-order valence-electron chi connectivity index (χ4n) is 11.7. The van der Waals surface area contributed by atoms with E-state index in [1.807, 2.05) is 243 Å². The van der Waals surface area contributed by atoms with Gasteiger partial charge in [-0.3, -0.25) is 0 Å². The summed E-state index contributed by atoms with van der Waals surface area (Å²) in [4.78, 5) is 6.60. The highest BCUT2D eigenvalue weighted by Gasteiger charge is 2.20. The average molecular weight is 1350 g/mol. The molecule has 0 aliphatic heterocycles. The molecule has 496 valence electrons. The van der Waals surface area contributed by atoms with E-state index >= 15 is 0 Å². The van der Waals surface area contributed by atoms with E-state index < -0.39 is 0 Å². The molecule has 0 saturated heterocycles. The van der Waals surface area contributed by atoms with Crippen LogP contribution in [0, 0.1) is 72.4 Å². The fraction of sp³-hybridized carbons (Fsp3) is 0. The number of terminal acetylenes is 2. The van der Waals surface area contributed by atoms with Crippen LogP contribution in [0.1, 0.15) is 0 Å². The molecule has 0 bridgehead atoms. The summed E-state index contributed by atoms with van der Waals surface area (Å²) in [6.07, 6.45) is 15.8. The largest absolute Gasteiger partial charge is 0.457 e. The lowest BCUT2D eigenvalue weighted by Gasteiger charge is -2.26. The Morgan fingerprint density at radius 3 is 0.581 bits per heavy atom. The second kappa shape index (κ2) is 33.0. The molecular formula is C96H61N3O6. The molecule has 0 spiro atoms. The van der Waals surface area contributed by atoms with Gasteiger partial charge in [0.05, 0.1) is 0 Å². The fourth-order valence-corrected chi connectivity index (χ4v) is 11.7. The SMILES string of the molecule is C#CC#CC#COc1ccc(N(c2ccc(Oc3ccccc3)cc2)c2ccc(-c3cc(-c4ccc(N(c5ccc(OC#CC#CC#C)cc5)c5ccc(Oc6ccccc6)cc5)cc4)cc(-c4ccc(N(c5ccc(Oc6ccccc6)cc5)c5ccc(Oc6ccccc6)cc5)cc4)c3)cc2)cc1. The van der Waals surface area contributed by atoms with Crippen LogP contribution >= 0.6 is 0 Å². The van der Waals surface area contributed by atoms with Gasteiger partial charge in [0.15, 0.2) is 0 Å². The molecule has 0 N–H and O–H groups in total. The van der Waals surface area contributed by atoms with Crippen molar-refractivity contribution >= 4 is 51.2 Å². The quantitative estimate of drug-likeness (QED) is 0.0618. The lowest BCUT2D eigenvalue weighted by Crippen LogP contribution is -2.10. The van der Waals surface area contributed by atoms with E-state index in [0.29, 0.717) is 23.0 Å². The number of hydrogen-bond donors (Lipinski definition) is 0. The molecule has 9 heteroatoms. The molecule has 0 atom stereocenters. The van der Waals surface area contributed by atoms with Crippen LogP contribution in [0.5, 0.6) is 57.5 Å². The zero-order chi connectivity index (χ0) is 71.2. The van der Waals surface area contributed by atoms with Crippen LogP contribution in [0.3, 0.4) is 0 Å². The second-order valence-corrected chi connectivity index (χ2v) is 23.5. The summed E-state index contributed by atoms with van der Waals surface area (Å²) in [5.74, 6) is 26.9. The molecule has 14 aromatic carbocycles. The van der Waals surface area contributed by atoms with Gasteiger partial charge >= 0.3 is 0 Å². The Balaban J connectivity index is 0.835. The van der Waals surface area contributed by atoms with Gasteiger partial charge in [-0.25, -0.2) is 0 Å². The van der Waals surface area contributed by atoms with Gasteiger partial charge in [-0.15, -0.1) is 12.8 Å². The van der Waals surface area contributed by atoms with Crippen molar-refractivity contribution in [3.63, 3.8) is 0 Å². The number of para-hydroxylation sites is 4. The molecule has 105 heavy (non-hydrogen) atoms. The first-order valence-electron chi connectivity index (χ1n) is 33.6.